The van der Waals surface area contributed by atoms with Crippen molar-refractivity contribution in [2.24, 2.45) is 0 Å². The van der Waals surface area contributed by atoms with Crippen molar-refractivity contribution in [3.05, 3.63) is 60.7 Å². The van der Waals surface area contributed by atoms with Crippen LogP contribution in [0.25, 0.3) is 10.9 Å². The van der Waals surface area contributed by atoms with Crippen molar-refractivity contribution in [2.45, 2.75) is 19.4 Å². The molecule has 7 heteroatoms. The summed E-state index contributed by atoms with van der Waals surface area (Å²) < 4.78 is 14.1. The highest BCUT2D eigenvalue weighted by atomic mass is 19.1. The molecule has 1 N–H and O–H groups in total. The van der Waals surface area contributed by atoms with Crippen LogP contribution in [0, 0.1) is 5.82 Å². The Morgan fingerprint density at radius 1 is 1.03 bits per heavy atom. The lowest BCUT2D eigenvalue weighted by atomic mass is 10.1. The zero-order valence-corrected chi connectivity index (χ0v) is 16.4. The van der Waals surface area contributed by atoms with Crippen LogP contribution < -0.4 is 10.2 Å². The maximum atomic E-state index is 14.1. The monoisotopic (exact) mass is 393 g/mol. The minimum Gasteiger partial charge on any atom is -0.353 e. The molecular formula is C22H24FN5O. The lowest BCUT2D eigenvalue weighted by Gasteiger charge is -2.27. The first kappa shape index (κ1) is 19.3. The Hall–Kier alpha value is -3.06. The van der Waals surface area contributed by atoms with Crippen molar-refractivity contribution >= 4 is 28.3 Å². The molecule has 1 unspecified atom stereocenters. The predicted octanol–water partition coefficient (Wildman–Crippen LogP) is 3.31. The molecule has 1 aromatic carbocycles. The third-order valence-corrected chi connectivity index (χ3v) is 5.40. The molecule has 1 aliphatic rings. The van der Waals surface area contributed by atoms with Gasteiger partial charge in [0.2, 0.25) is 5.91 Å². The average molecular weight is 393 g/mol. The number of nitrogens with zero attached hydrogens (tertiary/aromatic N) is 4. The number of halogens is 1. The van der Waals surface area contributed by atoms with Gasteiger partial charge in [-0.3, -0.25) is 14.7 Å². The van der Waals surface area contributed by atoms with E-state index in [0.29, 0.717) is 25.5 Å². The minimum atomic E-state index is -0.309. The molecule has 1 atom stereocenters. The van der Waals surface area contributed by atoms with E-state index in [1.165, 1.54) is 6.07 Å². The standard InChI is InChI=1S/C22H24FN5O/c1-16(22(29)26-20-9-2-8-19-17(20)6-3-10-24-19)27-12-5-13-28(15-14-27)21-18(23)7-4-11-25-21/h2-4,6-11,16H,5,12-15H2,1H3,(H,26,29). The van der Waals surface area contributed by atoms with Gasteiger partial charge < -0.3 is 10.2 Å². The third-order valence-electron chi connectivity index (χ3n) is 5.40. The van der Waals surface area contributed by atoms with E-state index in [2.05, 4.69) is 20.2 Å². The van der Waals surface area contributed by atoms with Crippen molar-refractivity contribution in [1.29, 1.82) is 0 Å². The number of hydrogen-bond acceptors (Lipinski definition) is 5. The van der Waals surface area contributed by atoms with Gasteiger partial charge in [0.05, 0.1) is 17.2 Å². The number of hydrogen-bond donors (Lipinski definition) is 1. The van der Waals surface area contributed by atoms with Crippen LogP contribution in [0.4, 0.5) is 15.9 Å². The molecule has 29 heavy (non-hydrogen) atoms. The fourth-order valence-corrected chi connectivity index (χ4v) is 3.76. The molecule has 3 aromatic rings. The van der Waals surface area contributed by atoms with Gasteiger partial charge >= 0.3 is 0 Å². The Morgan fingerprint density at radius 2 is 1.86 bits per heavy atom. The van der Waals surface area contributed by atoms with Gasteiger partial charge in [0.1, 0.15) is 0 Å². The van der Waals surface area contributed by atoms with Gasteiger partial charge in [0.25, 0.3) is 0 Å². The highest BCUT2D eigenvalue weighted by molar-refractivity contribution is 6.02. The molecule has 4 rings (SSSR count). The van der Waals surface area contributed by atoms with Crippen LogP contribution in [0.3, 0.4) is 0 Å². The van der Waals surface area contributed by atoms with Crippen molar-refractivity contribution < 1.29 is 9.18 Å². The number of rotatable bonds is 4. The van der Waals surface area contributed by atoms with E-state index in [1.807, 2.05) is 42.2 Å². The van der Waals surface area contributed by atoms with Crippen LogP contribution >= 0.6 is 0 Å². The normalized spacial score (nSPS) is 16.4. The van der Waals surface area contributed by atoms with Crippen LogP contribution in [-0.2, 0) is 4.79 Å². The van der Waals surface area contributed by atoms with E-state index in [-0.39, 0.29) is 17.8 Å². The molecule has 1 saturated heterocycles. The number of carbonyl (C=O) groups is 1. The van der Waals surface area contributed by atoms with Crippen molar-refractivity contribution in [3.63, 3.8) is 0 Å². The van der Waals surface area contributed by atoms with Crippen LogP contribution in [0.2, 0.25) is 0 Å². The van der Waals surface area contributed by atoms with Gasteiger partial charge in [0.15, 0.2) is 11.6 Å². The number of aromatic nitrogens is 2. The first-order chi connectivity index (χ1) is 14.1. The summed E-state index contributed by atoms with van der Waals surface area (Å²) in [6.45, 7) is 4.70. The lowest BCUT2D eigenvalue weighted by Crippen LogP contribution is -2.44. The number of fused-ring (bicyclic) bond motifs is 1. The van der Waals surface area contributed by atoms with E-state index in [0.717, 1.165) is 29.6 Å². The van der Waals surface area contributed by atoms with Gasteiger partial charge in [-0.2, -0.15) is 0 Å². The van der Waals surface area contributed by atoms with E-state index < -0.39 is 0 Å². The number of benzene rings is 1. The average Bonchev–Trinajstić information content (AvgIpc) is 3.00. The highest BCUT2D eigenvalue weighted by Crippen LogP contribution is 2.22. The molecule has 1 fully saturated rings. The zero-order chi connectivity index (χ0) is 20.2. The second-order valence-corrected chi connectivity index (χ2v) is 7.23. The third kappa shape index (κ3) is 4.19. The fourth-order valence-electron chi connectivity index (χ4n) is 3.76. The lowest BCUT2D eigenvalue weighted by molar-refractivity contribution is -0.120. The quantitative estimate of drug-likeness (QED) is 0.737. The second kappa shape index (κ2) is 8.53. The maximum Gasteiger partial charge on any atom is 0.241 e. The summed E-state index contributed by atoms with van der Waals surface area (Å²) in [5.41, 5.74) is 1.61. The smallest absolute Gasteiger partial charge is 0.241 e. The van der Waals surface area contributed by atoms with Crippen molar-refractivity contribution in [1.82, 2.24) is 14.9 Å². The molecule has 1 amide bonds. The van der Waals surface area contributed by atoms with Gasteiger partial charge in [-0.15, -0.1) is 0 Å². The topological polar surface area (TPSA) is 61.4 Å². The summed E-state index contributed by atoms with van der Waals surface area (Å²) in [4.78, 5) is 25.5. The molecule has 3 heterocycles. The van der Waals surface area contributed by atoms with E-state index in [9.17, 15) is 9.18 Å². The number of anilines is 2. The van der Waals surface area contributed by atoms with Crippen LogP contribution in [-0.4, -0.2) is 53.0 Å². The number of pyridine rings is 2. The second-order valence-electron chi connectivity index (χ2n) is 7.23. The fraction of sp³-hybridized carbons (Fsp3) is 0.318. The van der Waals surface area contributed by atoms with Crippen molar-refractivity contribution in [3.8, 4) is 0 Å². The summed E-state index contributed by atoms with van der Waals surface area (Å²) in [7, 11) is 0. The molecule has 0 radical (unpaired) electrons. The minimum absolute atomic E-state index is 0.0566. The Bertz CT molecular complexity index is 1010. The van der Waals surface area contributed by atoms with Gasteiger partial charge in [-0.25, -0.2) is 9.37 Å². The Labute approximate surface area is 169 Å². The Kier molecular flexibility index (Phi) is 5.67. The Morgan fingerprint density at radius 3 is 2.72 bits per heavy atom. The SMILES string of the molecule is CC(C(=O)Nc1cccc2ncccc12)N1CCCN(c2ncccc2F)CC1. The van der Waals surface area contributed by atoms with E-state index >= 15 is 0 Å². The molecule has 0 saturated carbocycles. The maximum absolute atomic E-state index is 14.1. The summed E-state index contributed by atoms with van der Waals surface area (Å²) in [6.07, 6.45) is 4.19. The molecule has 1 aliphatic heterocycles. The van der Waals surface area contributed by atoms with Crippen LogP contribution in [0.5, 0.6) is 0 Å². The Balaban J connectivity index is 1.43. The molecule has 2 aromatic heterocycles. The molecule has 0 aliphatic carbocycles. The largest absolute Gasteiger partial charge is 0.353 e. The first-order valence-corrected chi connectivity index (χ1v) is 9.87. The molecular weight excluding hydrogens is 369 g/mol. The summed E-state index contributed by atoms with van der Waals surface area (Å²) >= 11 is 0. The summed E-state index contributed by atoms with van der Waals surface area (Å²) in [5.74, 6) is 0.0184. The first-order valence-electron chi connectivity index (χ1n) is 9.87. The van der Waals surface area contributed by atoms with Gasteiger partial charge in [-0.05, 0) is 49.7 Å². The summed E-state index contributed by atoms with van der Waals surface area (Å²) in [6, 6.07) is 12.3. The van der Waals surface area contributed by atoms with Crippen LogP contribution in [0.15, 0.2) is 54.9 Å². The van der Waals surface area contributed by atoms with E-state index in [4.69, 9.17) is 0 Å². The molecule has 0 bridgehead atoms. The van der Waals surface area contributed by atoms with E-state index in [1.54, 1.807) is 18.5 Å². The molecule has 6 nitrogen and oxygen atoms in total. The molecule has 150 valence electrons. The summed E-state index contributed by atoms with van der Waals surface area (Å²) in [5, 5.41) is 3.97. The zero-order valence-electron chi connectivity index (χ0n) is 16.4. The van der Waals surface area contributed by atoms with Crippen LogP contribution in [0.1, 0.15) is 13.3 Å². The highest BCUT2D eigenvalue weighted by Gasteiger charge is 2.25. The number of nitrogens with one attached hydrogen (secondary N) is 1. The number of carbonyl (C=O) groups excluding carboxylic acids is 1. The van der Waals surface area contributed by atoms with Crippen molar-refractivity contribution in [2.75, 3.05) is 36.4 Å². The van der Waals surface area contributed by atoms with Gasteiger partial charge in [-0.1, -0.05) is 6.07 Å². The molecule has 0 spiro atoms. The predicted molar refractivity (Wildman–Crippen MR) is 112 cm³/mol. The number of amides is 1. The van der Waals surface area contributed by atoms with Gasteiger partial charge in [0, 0.05) is 44.0 Å².